The zero-order valence-electron chi connectivity index (χ0n) is 10.2. The lowest BCUT2D eigenvalue weighted by Crippen LogP contribution is -2.50. The monoisotopic (exact) mass is 233 g/mol. The van der Waals surface area contributed by atoms with E-state index in [2.05, 4.69) is 17.4 Å². The van der Waals surface area contributed by atoms with E-state index >= 15 is 0 Å². The van der Waals surface area contributed by atoms with E-state index in [1.807, 2.05) is 13.0 Å². The van der Waals surface area contributed by atoms with Crippen LogP contribution in [0.2, 0.25) is 0 Å². The molecule has 0 aromatic heterocycles. The molecule has 2 atom stereocenters. The molecule has 2 aliphatic rings. The topological polar surface area (TPSA) is 41.5 Å². The van der Waals surface area contributed by atoms with Crippen LogP contribution in [0.4, 0.5) is 0 Å². The minimum Gasteiger partial charge on any atom is -0.361 e. The second-order valence-corrected chi connectivity index (χ2v) is 5.05. The summed E-state index contributed by atoms with van der Waals surface area (Å²) in [6.45, 7) is 3.62. The molecular formula is C14H19NO2. The van der Waals surface area contributed by atoms with Gasteiger partial charge in [-0.05, 0) is 43.9 Å². The van der Waals surface area contributed by atoms with Crippen molar-refractivity contribution in [2.24, 2.45) is 0 Å². The molecule has 17 heavy (non-hydrogen) atoms. The van der Waals surface area contributed by atoms with Gasteiger partial charge in [-0.2, -0.15) is 0 Å². The summed E-state index contributed by atoms with van der Waals surface area (Å²) < 4.78 is 5.75. The van der Waals surface area contributed by atoms with Gasteiger partial charge in [-0.15, -0.1) is 0 Å². The average Bonchev–Trinajstić information content (AvgIpc) is 2.83. The molecular weight excluding hydrogens is 214 g/mol. The van der Waals surface area contributed by atoms with E-state index in [0.717, 1.165) is 36.9 Å². The van der Waals surface area contributed by atoms with Crippen molar-refractivity contribution in [2.75, 3.05) is 13.2 Å². The smallest absolute Gasteiger partial charge is 0.208 e. The lowest BCUT2D eigenvalue weighted by atomic mass is 9.86. The Morgan fingerprint density at radius 3 is 3.12 bits per heavy atom. The number of ether oxygens (including phenoxy) is 1. The van der Waals surface area contributed by atoms with Crippen molar-refractivity contribution in [1.82, 2.24) is 5.32 Å². The minimum absolute atomic E-state index is 0.0302. The van der Waals surface area contributed by atoms with Crippen molar-refractivity contribution in [3.63, 3.8) is 0 Å². The first-order valence-electron chi connectivity index (χ1n) is 6.40. The Kier molecular flexibility index (Phi) is 2.69. The summed E-state index contributed by atoms with van der Waals surface area (Å²) in [5.74, 6) is -1.13. The van der Waals surface area contributed by atoms with E-state index < -0.39 is 5.79 Å². The number of rotatable bonds is 1. The van der Waals surface area contributed by atoms with Gasteiger partial charge >= 0.3 is 0 Å². The van der Waals surface area contributed by atoms with Crippen LogP contribution in [0.1, 0.15) is 29.5 Å². The molecule has 1 aromatic rings. The average molecular weight is 233 g/mol. The molecule has 0 saturated carbocycles. The SMILES string of the molecule is Cc1cccc2c1[C@](O)([C@@H]1CCCN1)OCC2. The standard InChI is InChI=1S/C14H19NO2/c1-10-4-2-5-11-7-9-17-14(16,13(10)11)12-6-3-8-15-12/h2,4-5,12,15-16H,3,6-9H2,1H3/t12-,14-/m0/s1. The van der Waals surface area contributed by atoms with Gasteiger partial charge in [0, 0.05) is 5.56 Å². The van der Waals surface area contributed by atoms with Crippen molar-refractivity contribution in [2.45, 2.75) is 38.0 Å². The first-order valence-corrected chi connectivity index (χ1v) is 6.40. The first-order chi connectivity index (χ1) is 8.22. The summed E-state index contributed by atoms with van der Waals surface area (Å²) >= 11 is 0. The van der Waals surface area contributed by atoms with Crippen LogP contribution in [0.15, 0.2) is 18.2 Å². The summed E-state index contributed by atoms with van der Waals surface area (Å²) in [6.07, 6.45) is 2.98. The van der Waals surface area contributed by atoms with Gasteiger partial charge < -0.3 is 15.2 Å². The van der Waals surface area contributed by atoms with Crippen molar-refractivity contribution in [3.8, 4) is 0 Å². The van der Waals surface area contributed by atoms with Gasteiger partial charge in [-0.3, -0.25) is 0 Å². The molecule has 3 nitrogen and oxygen atoms in total. The van der Waals surface area contributed by atoms with Crippen LogP contribution in [0.25, 0.3) is 0 Å². The summed E-state index contributed by atoms with van der Waals surface area (Å²) in [5.41, 5.74) is 3.34. The molecule has 0 amide bonds. The van der Waals surface area contributed by atoms with Gasteiger partial charge in [-0.1, -0.05) is 18.2 Å². The molecule has 92 valence electrons. The third-order valence-corrected chi connectivity index (χ3v) is 3.94. The Hall–Kier alpha value is -0.900. The van der Waals surface area contributed by atoms with Crippen LogP contribution in [0.3, 0.4) is 0 Å². The molecule has 2 aliphatic heterocycles. The molecule has 1 aromatic carbocycles. The van der Waals surface area contributed by atoms with Gasteiger partial charge in [0.1, 0.15) is 0 Å². The summed E-state index contributed by atoms with van der Waals surface area (Å²) in [7, 11) is 0. The number of hydrogen-bond donors (Lipinski definition) is 2. The van der Waals surface area contributed by atoms with Gasteiger partial charge in [0.25, 0.3) is 0 Å². The summed E-state index contributed by atoms with van der Waals surface area (Å²) in [4.78, 5) is 0. The van der Waals surface area contributed by atoms with E-state index in [-0.39, 0.29) is 6.04 Å². The minimum atomic E-state index is -1.13. The Morgan fingerprint density at radius 1 is 1.47 bits per heavy atom. The van der Waals surface area contributed by atoms with Crippen LogP contribution in [-0.2, 0) is 16.9 Å². The van der Waals surface area contributed by atoms with Crippen molar-refractivity contribution >= 4 is 0 Å². The number of benzene rings is 1. The molecule has 0 radical (unpaired) electrons. The molecule has 0 bridgehead atoms. The van der Waals surface area contributed by atoms with Crippen LogP contribution in [-0.4, -0.2) is 24.3 Å². The number of aryl methyl sites for hydroxylation is 1. The molecule has 1 fully saturated rings. The summed E-state index contributed by atoms with van der Waals surface area (Å²) in [5, 5.41) is 14.3. The molecule has 3 heteroatoms. The second kappa shape index (κ2) is 4.09. The molecule has 2 heterocycles. The molecule has 2 N–H and O–H groups in total. The van der Waals surface area contributed by atoms with Crippen LogP contribution in [0, 0.1) is 6.92 Å². The Balaban J connectivity index is 2.08. The van der Waals surface area contributed by atoms with Crippen LogP contribution < -0.4 is 5.32 Å². The molecule has 3 rings (SSSR count). The fourth-order valence-corrected chi connectivity index (χ4v) is 3.13. The molecule has 0 spiro atoms. The zero-order chi connectivity index (χ0) is 11.9. The maximum Gasteiger partial charge on any atom is 0.208 e. The van der Waals surface area contributed by atoms with E-state index in [9.17, 15) is 5.11 Å². The normalized spacial score (nSPS) is 32.5. The Labute approximate surface area is 102 Å². The highest BCUT2D eigenvalue weighted by Crippen LogP contribution is 2.38. The number of fused-ring (bicyclic) bond motifs is 1. The third-order valence-electron chi connectivity index (χ3n) is 3.94. The van der Waals surface area contributed by atoms with Gasteiger partial charge in [0.15, 0.2) is 0 Å². The van der Waals surface area contributed by atoms with Gasteiger partial charge in [0.05, 0.1) is 12.6 Å². The lowest BCUT2D eigenvalue weighted by molar-refractivity contribution is -0.236. The van der Waals surface area contributed by atoms with Crippen molar-refractivity contribution in [3.05, 3.63) is 34.9 Å². The zero-order valence-corrected chi connectivity index (χ0v) is 10.2. The highest BCUT2D eigenvalue weighted by Gasteiger charge is 2.45. The highest BCUT2D eigenvalue weighted by atomic mass is 16.6. The quantitative estimate of drug-likeness (QED) is 0.771. The van der Waals surface area contributed by atoms with Crippen molar-refractivity contribution < 1.29 is 9.84 Å². The predicted molar refractivity (Wildman–Crippen MR) is 65.8 cm³/mol. The second-order valence-electron chi connectivity index (χ2n) is 5.05. The Bertz CT molecular complexity index is 426. The summed E-state index contributed by atoms with van der Waals surface area (Å²) in [6, 6.07) is 6.24. The van der Waals surface area contributed by atoms with Crippen LogP contribution >= 0.6 is 0 Å². The van der Waals surface area contributed by atoms with E-state index in [1.54, 1.807) is 0 Å². The maximum atomic E-state index is 10.9. The fraction of sp³-hybridized carbons (Fsp3) is 0.571. The maximum absolute atomic E-state index is 10.9. The number of nitrogens with one attached hydrogen (secondary N) is 1. The first kappa shape index (κ1) is 11.2. The fourth-order valence-electron chi connectivity index (χ4n) is 3.13. The number of aliphatic hydroxyl groups is 1. The van der Waals surface area contributed by atoms with Gasteiger partial charge in [0.2, 0.25) is 5.79 Å². The van der Waals surface area contributed by atoms with E-state index in [0.29, 0.717) is 6.61 Å². The molecule has 0 aliphatic carbocycles. The number of hydrogen-bond acceptors (Lipinski definition) is 3. The van der Waals surface area contributed by atoms with E-state index in [4.69, 9.17) is 4.74 Å². The van der Waals surface area contributed by atoms with Gasteiger partial charge in [-0.25, -0.2) is 0 Å². The third kappa shape index (κ3) is 1.69. The largest absolute Gasteiger partial charge is 0.361 e. The molecule has 1 saturated heterocycles. The predicted octanol–water partition coefficient (Wildman–Crippen LogP) is 1.46. The lowest BCUT2D eigenvalue weighted by Gasteiger charge is -2.39. The van der Waals surface area contributed by atoms with E-state index in [1.165, 1.54) is 5.56 Å². The highest BCUT2D eigenvalue weighted by molar-refractivity contribution is 5.40. The molecule has 0 unspecified atom stereocenters. The van der Waals surface area contributed by atoms with Crippen molar-refractivity contribution in [1.29, 1.82) is 0 Å². The van der Waals surface area contributed by atoms with Crippen LogP contribution in [0.5, 0.6) is 0 Å². The Morgan fingerprint density at radius 2 is 2.35 bits per heavy atom.